The predicted molar refractivity (Wildman–Crippen MR) is 116 cm³/mol. The molecule has 178 valence electrons. The first-order valence-electron chi connectivity index (χ1n) is 9.95. The predicted octanol–water partition coefficient (Wildman–Crippen LogP) is 7.10. The van der Waals surface area contributed by atoms with E-state index in [1.54, 1.807) is 12.1 Å². The van der Waals surface area contributed by atoms with E-state index in [-0.39, 0.29) is 22.3 Å². The number of halogens is 6. The van der Waals surface area contributed by atoms with E-state index >= 15 is 0 Å². The molecule has 11 heteroatoms. The van der Waals surface area contributed by atoms with Crippen molar-refractivity contribution in [1.29, 1.82) is 0 Å². The third kappa shape index (κ3) is 4.44. The standard InChI is InChI=1S/C23H16F6N2O2S/c1-3-34-18-11-14(31-9-8-19(30-31)23(27,28)29)5-7-16(18)20-12(2)33-17-10-13(22(24,25)26)4-6-15(17)21(20)32/h4-11H,3H2,1-2H3. The van der Waals surface area contributed by atoms with Gasteiger partial charge in [0.1, 0.15) is 11.3 Å². The van der Waals surface area contributed by atoms with E-state index in [0.717, 1.165) is 28.9 Å². The molecule has 4 nitrogen and oxygen atoms in total. The fourth-order valence-corrected chi connectivity index (χ4v) is 4.39. The van der Waals surface area contributed by atoms with Gasteiger partial charge in [-0.15, -0.1) is 11.8 Å². The van der Waals surface area contributed by atoms with Crippen LogP contribution in [0.5, 0.6) is 0 Å². The average molecular weight is 498 g/mol. The zero-order valence-electron chi connectivity index (χ0n) is 17.7. The summed E-state index contributed by atoms with van der Waals surface area (Å²) in [5.74, 6) is 0.719. The molecule has 4 aromatic rings. The number of aromatic nitrogens is 2. The van der Waals surface area contributed by atoms with Crippen LogP contribution in [0.15, 0.2) is 62.8 Å². The van der Waals surface area contributed by atoms with Crippen molar-refractivity contribution in [2.75, 3.05) is 5.75 Å². The van der Waals surface area contributed by atoms with E-state index in [1.807, 2.05) is 6.92 Å². The van der Waals surface area contributed by atoms with Gasteiger partial charge in [0.25, 0.3) is 0 Å². The Balaban J connectivity index is 1.86. The largest absolute Gasteiger partial charge is 0.460 e. The zero-order valence-corrected chi connectivity index (χ0v) is 18.5. The molecule has 2 heterocycles. The maximum Gasteiger partial charge on any atom is 0.435 e. The van der Waals surface area contributed by atoms with E-state index in [9.17, 15) is 31.1 Å². The van der Waals surface area contributed by atoms with Crippen LogP contribution in [-0.2, 0) is 12.4 Å². The molecule has 0 aliphatic rings. The lowest BCUT2D eigenvalue weighted by atomic mass is 10.0. The molecule has 0 fully saturated rings. The van der Waals surface area contributed by atoms with E-state index < -0.39 is 29.0 Å². The van der Waals surface area contributed by atoms with Crippen LogP contribution in [0.4, 0.5) is 26.3 Å². The van der Waals surface area contributed by atoms with E-state index in [1.165, 1.54) is 30.9 Å². The molecule has 0 radical (unpaired) electrons. The summed E-state index contributed by atoms with van der Waals surface area (Å²) in [5, 5.41) is 3.56. The molecule has 2 aromatic heterocycles. The normalized spacial score (nSPS) is 12.5. The average Bonchev–Trinajstić information content (AvgIpc) is 3.25. The van der Waals surface area contributed by atoms with Gasteiger partial charge in [-0.1, -0.05) is 13.0 Å². The summed E-state index contributed by atoms with van der Waals surface area (Å²) in [6, 6.07) is 8.23. The summed E-state index contributed by atoms with van der Waals surface area (Å²) in [6.07, 6.45) is -7.98. The van der Waals surface area contributed by atoms with Crippen molar-refractivity contribution in [3.8, 4) is 16.8 Å². The van der Waals surface area contributed by atoms with Gasteiger partial charge in [0.05, 0.1) is 22.2 Å². The number of benzene rings is 2. The first-order chi connectivity index (χ1) is 15.9. The van der Waals surface area contributed by atoms with Crippen molar-refractivity contribution in [2.45, 2.75) is 31.1 Å². The Morgan fingerprint density at radius 1 is 1.00 bits per heavy atom. The topological polar surface area (TPSA) is 48.0 Å². The maximum absolute atomic E-state index is 13.2. The van der Waals surface area contributed by atoms with Gasteiger partial charge in [0, 0.05) is 16.7 Å². The molecule has 0 unspecified atom stereocenters. The minimum absolute atomic E-state index is 0.00739. The van der Waals surface area contributed by atoms with Crippen LogP contribution in [-0.4, -0.2) is 15.5 Å². The molecule has 2 aromatic carbocycles. The number of rotatable bonds is 4. The second-order valence-corrected chi connectivity index (χ2v) is 8.63. The van der Waals surface area contributed by atoms with Crippen LogP contribution in [0.25, 0.3) is 27.8 Å². The summed E-state index contributed by atoms with van der Waals surface area (Å²) in [5.41, 5.74) is -1.66. The highest BCUT2D eigenvalue weighted by atomic mass is 32.2. The van der Waals surface area contributed by atoms with Crippen LogP contribution in [0.1, 0.15) is 23.9 Å². The van der Waals surface area contributed by atoms with E-state index in [2.05, 4.69) is 5.10 Å². The van der Waals surface area contributed by atoms with Crippen molar-refractivity contribution in [1.82, 2.24) is 9.78 Å². The molecule has 0 aliphatic heterocycles. The second-order valence-electron chi connectivity index (χ2n) is 7.33. The Morgan fingerprint density at radius 3 is 2.35 bits per heavy atom. The number of aryl methyl sites for hydroxylation is 1. The molecule has 4 rings (SSSR count). The minimum atomic E-state index is -4.58. The van der Waals surface area contributed by atoms with E-state index in [4.69, 9.17) is 4.42 Å². The summed E-state index contributed by atoms with van der Waals surface area (Å²) in [4.78, 5) is 13.8. The summed E-state index contributed by atoms with van der Waals surface area (Å²) in [6.45, 7) is 3.35. The molecule has 0 aliphatic carbocycles. The zero-order chi connectivity index (χ0) is 24.8. The van der Waals surface area contributed by atoms with Gasteiger partial charge < -0.3 is 4.42 Å². The molecule has 0 saturated carbocycles. The monoisotopic (exact) mass is 498 g/mol. The molecular weight excluding hydrogens is 482 g/mol. The number of nitrogens with zero attached hydrogens (tertiary/aromatic N) is 2. The highest BCUT2D eigenvalue weighted by molar-refractivity contribution is 7.99. The molecule has 0 spiro atoms. The molecule has 0 bridgehead atoms. The van der Waals surface area contributed by atoms with Gasteiger partial charge >= 0.3 is 12.4 Å². The molecule has 0 N–H and O–H groups in total. The molecule has 0 amide bonds. The summed E-state index contributed by atoms with van der Waals surface area (Å²) < 4.78 is 84.6. The van der Waals surface area contributed by atoms with Gasteiger partial charge in [0.15, 0.2) is 5.69 Å². The third-order valence-corrected chi connectivity index (χ3v) is 6.01. The Morgan fingerprint density at radius 2 is 1.74 bits per heavy atom. The summed E-state index contributed by atoms with van der Waals surface area (Å²) in [7, 11) is 0. The molecule has 34 heavy (non-hydrogen) atoms. The number of hydrogen-bond acceptors (Lipinski definition) is 4. The number of alkyl halides is 6. The van der Waals surface area contributed by atoms with Crippen LogP contribution >= 0.6 is 11.8 Å². The van der Waals surface area contributed by atoms with Crippen LogP contribution in [0, 0.1) is 6.92 Å². The minimum Gasteiger partial charge on any atom is -0.460 e. The molecular formula is C23H16F6N2O2S. The Kier molecular flexibility index (Phi) is 6.01. The van der Waals surface area contributed by atoms with Gasteiger partial charge in [-0.05, 0) is 49.1 Å². The van der Waals surface area contributed by atoms with Crippen LogP contribution < -0.4 is 5.43 Å². The van der Waals surface area contributed by atoms with Crippen LogP contribution in [0.3, 0.4) is 0 Å². The quantitative estimate of drug-likeness (QED) is 0.222. The lowest BCUT2D eigenvalue weighted by molar-refractivity contribution is -0.141. The molecule has 0 saturated heterocycles. The number of fused-ring (bicyclic) bond motifs is 1. The lowest BCUT2D eigenvalue weighted by Gasteiger charge is -2.14. The van der Waals surface area contributed by atoms with Gasteiger partial charge in [0.2, 0.25) is 5.43 Å². The first-order valence-corrected chi connectivity index (χ1v) is 10.9. The van der Waals surface area contributed by atoms with Gasteiger partial charge in [-0.3, -0.25) is 4.79 Å². The van der Waals surface area contributed by atoms with Crippen molar-refractivity contribution in [2.24, 2.45) is 0 Å². The van der Waals surface area contributed by atoms with Crippen molar-refractivity contribution in [3.05, 3.63) is 75.9 Å². The van der Waals surface area contributed by atoms with Gasteiger partial charge in [-0.2, -0.15) is 31.4 Å². The van der Waals surface area contributed by atoms with Crippen molar-refractivity contribution >= 4 is 22.7 Å². The fourth-order valence-electron chi connectivity index (χ4n) is 3.55. The Bertz CT molecular complexity index is 1440. The van der Waals surface area contributed by atoms with Gasteiger partial charge in [-0.25, -0.2) is 4.68 Å². The highest BCUT2D eigenvalue weighted by Gasteiger charge is 2.34. The SMILES string of the molecule is CCSc1cc(-n2ccc(C(F)(F)F)n2)ccc1-c1c(C)oc2cc(C(F)(F)F)ccc2c1=O. The second kappa shape index (κ2) is 8.53. The highest BCUT2D eigenvalue weighted by Crippen LogP contribution is 2.36. The summed E-state index contributed by atoms with van der Waals surface area (Å²) >= 11 is 1.35. The number of thioether (sulfide) groups is 1. The maximum atomic E-state index is 13.2. The van der Waals surface area contributed by atoms with Crippen molar-refractivity contribution in [3.63, 3.8) is 0 Å². The first kappa shape index (κ1) is 23.9. The number of hydrogen-bond donors (Lipinski definition) is 0. The van der Waals surface area contributed by atoms with Crippen LogP contribution in [0.2, 0.25) is 0 Å². The third-order valence-electron chi connectivity index (χ3n) is 5.07. The smallest absolute Gasteiger partial charge is 0.435 e. The lowest BCUT2D eigenvalue weighted by Crippen LogP contribution is -2.10. The fraction of sp³-hybridized carbons (Fsp3) is 0.217. The Hall–Kier alpha value is -3.21. The Labute approximate surface area is 193 Å². The molecule has 0 atom stereocenters. The van der Waals surface area contributed by atoms with E-state index in [0.29, 0.717) is 21.9 Å². The van der Waals surface area contributed by atoms with Crippen molar-refractivity contribution < 1.29 is 30.8 Å².